The fourth-order valence-electron chi connectivity index (χ4n) is 1.51. The standard InChI is InChI=1S/C11H13BrN2O/c1-6-4-10(6)14-11(15)8-3-2-7(12)5-9(8)13/h2-3,5-6,10H,4,13H2,1H3,(H,14,15). The van der Waals surface area contributed by atoms with Crippen LogP contribution in [0.1, 0.15) is 23.7 Å². The Hall–Kier alpha value is -1.03. The lowest BCUT2D eigenvalue weighted by molar-refractivity contribution is 0.0950. The topological polar surface area (TPSA) is 55.1 Å². The summed E-state index contributed by atoms with van der Waals surface area (Å²) >= 11 is 3.31. The largest absolute Gasteiger partial charge is 0.398 e. The van der Waals surface area contributed by atoms with Crippen molar-refractivity contribution in [3.05, 3.63) is 28.2 Å². The summed E-state index contributed by atoms with van der Waals surface area (Å²) in [6.45, 7) is 2.12. The number of nitrogen functional groups attached to an aromatic ring is 1. The van der Waals surface area contributed by atoms with Gasteiger partial charge >= 0.3 is 0 Å². The second-order valence-corrected chi connectivity index (χ2v) is 4.94. The molecule has 4 heteroatoms. The molecule has 1 aliphatic carbocycles. The lowest BCUT2D eigenvalue weighted by Gasteiger charge is -2.06. The van der Waals surface area contributed by atoms with Gasteiger partial charge in [0.15, 0.2) is 0 Å². The van der Waals surface area contributed by atoms with E-state index in [1.54, 1.807) is 12.1 Å². The van der Waals surface area contributed by atoms with Crippen LogP contribution < -0.4 is 11.1 Å². The van der Waals surface area contributed by atoms with Gasteiger partial charge < -0.3 is 11.1 Å². The number of anilines is 1. The van der Waals surface area contributed by atoms with Crippen LogP contribution >= 0.6 is 15.9 Å². The third-order valence-corrected chi connectivity index (χ3v) is 3.18. The number of carbonyl (C=O) groups is 1. The van der Waals surface area contributed by atoms with Crippen LogP contribution in [0, 0.1) is 5.92 Å². The van der Waals surface area contributed by atoms with Gasteiger partial charge in [0.05, 0.1) is 5.56 Å². The van der Waals surface area contributed by atoms with Crippen LogP contribution in [0.25, 0.3) is 0 Å². The summed E-state index contributed by atoms with van der Waals surface area (Å²) in [6, 6.07) is 5.63. The molecule has 1 amide bonds. The molecule has 80 valence electrons. The highest BCUT2D eigenvalue weighted by molar-refractivity contribution is 9.10. The average molecular weight is 269 g/mol. The zero-order valence-electron chi connectivity index (χ0n) is 8.46. The summed E-state index contributed by atoms with van der Waals surface area (Å²) in [7, 11) is 0. The van der Waals surface area contributed by atoms with Crippen LogP contribution in [0.2, 0.25) is 0 Å². The van der Waals surface area contributed by atoms with E-state index in [0.717, 1.165) is 10.9 Å². The SMILES string of the molecule is CC1CC1NC(=O)c1ccc(Br)cc1N. The lowest BCUT2D eigenvalue weighted by Crippen LogP contribution is -2.27. The highest BCUT2D eigenvalue weighted by Crippen LogP contribution is 2.29. The molecule has 0 spiro atoms. The molecule has 1 aromatic rings. The fourth-order valence-corrected chi connectivity index (χ4v) is 1.89. The Morgan fingerprint density at radius 1 is 1.60 bits per heavy atom. The Bertz CT molecular complexity index is 406. The van der Waals surface area contributed by atoms with E-state index in [-0.39, 0.29) is 5.91 Å². The van der Waals surface area contributed by atoms with E-state index in [2.05, 4.69) is 28.2 Å². The molecule has 2 rings (SSSR count). The number of nitrogens with two attached hydrogens (primary N) is 1. The van der Waals surface area contributed by atoms with E-state index in [1.807, 2.05) is 6.07 Å². The van der Waals surface area contributed by atoms with Gasteiger partial charge in [-0.15, -0.1) is 0 Å². The lowest BCUT2D eigenvalue weighted by atomic mass is 10.1. The van der Waals surface area contributed by atoms with Crippen molar-refractivity contribution in [2.24, 2.45) is 5.92 Å². The number of halogens is 1. The second-order valence-electron chi connectivity index (χ2n) is 4.02. The van der Waals surface area contributed by atoms with Gasteiger partial charge in [0, 0.05) is 16.2 Å². The molecule has 0 aromatic heterocycles. The maximum absolute atomic E-state index is 11.8. The van der Waals surface area contributed by atoms with Gasteiger partial charge in [-0.2, -0.15) is 0 Å². The van der Waals surface area contributed by atoms with Gasteiger partial charge in [0.2, 0.25) is 0 Å². The molecule has 2 unspecified atom stereocenters. The number of nitrogens with one attached hydrogen (secondary N) is 1. The van der Waals surface area contributed by atoms with Crippen molar-refractivity contribution >= 4 is 27.5 Å². The van der Waals surface area contributed by atoms with Gasteiger partial charge in [0.25, 0.3) is 5.91 Å². The monoisotopic (exact) mass is 268 g/mol. The van der Waals surface area contributed by atoms with Crippen LogP contribution in [-0.4, -0.2) is 11.9 Å². The summed E-state index contributed by atoms with van der Waals surface area (Å²) in [5.41, 5.74) is 6.82. The summed E-state index contributed by atoms with van der Waals surface area (Å²) in [5, 5.41) is 2.95. The summed E-state index contributed by atoms with van der Waals surface area (Å²) < 4.78 is 0.885. The van der Waals surface area contributed by atoms with Gasteiger partial charge in [-0.3, -0.25) is 4.79 Å². The molecule has 3 nitrogen and oxygen atoms in total. The molecule has 0 aliphatic heterocycles. The number of amides is 1. The fraction of sp³-hybridized carbons (Fsp3) is 0.364. The van der Waals surface area contributed by atoms with Crippen molar-refractivity contribution in [3.63, 3.8) is 0 Å². The molecule has 0 bridgehead atoms. The molecule has 3 N–H and O–H groups in total. The Morgan fingerprint density at radius 3 is 2.80 bits per heavy atom. The molecule has 15 heavy (non-hydrogen) atoms. The minimum atomic E-state index is -0.0747. The molecule has 0 radical (unpaired) electrons. The minimum Gasteiger partial charge on any atom is -0.398 e. The summed E-state index contributed by atoms with van der Waals surface area (Å²) in [6.07, 6.45) is 1.07. The molecule has 1 aromatic carbocycles. The maximum Gasteiger partial charge on any atom is 0.253 e. The molecular weight excluding hydrogens is 256 g/mol. The van der Waals surface area contributed by atoms with Crippen molar-refractivity contribution in [1.82, 2.24) is 5.32 Å². The van der Waals surface area contributed by atoms with Crippen LogP contribution in [0.3, 0.4) is 0 Å². The molecule has 0 heterocycles. The third-order valence-electron chi connectivity index (χ3n) is 2.68. The van der Waals surface area contributed by atoms with Crippen molar-refractivity contribution in [1.29, 1.82) is 0 Å². The first kappa shape index (κ1) is 10.5. The molecule has 1 fully saturated rings. The molecule has 1 aliphatic rings. The van der Waals surface area contributed by atoms with Gasteiger partial charge in [-0.1, -0.05) is 22.9 Å². The minimum absolute atomic E-state index is 0.0747. The highest BCUT2D eigenvalue weighted by atomic mass is 79.9. The zero-order chi connectivity index (χ0) is 11.0. The van der Waals surface area contributed by atoms with E-state index in [1.165, 1.54) is 0 Å². The van der Waals surface area contributed by atoms with E-state index >= 15 is 0 Å². The molecule has 2 atom stereocenters. The Kier molecular flexibility index (Phi) is 2.69. The van der Waals surface area contributed by atoms with Crippen LogP contribution in [0.15, 0.2) is 22.7 Å². The first-order valence-corrected chi connectivity index (χ1v) is 5.73. The highest BCUT2D eigenvalue weighted by Gasteiger charge is 2.34. The van der Waals surface area contributed by atoms with Crippen molar-refractivity contribution < 1.29 is 4.79 Å². The number of carbonyl (C=O) groups excluding carboxylic acids is 1. The van der Waals surface area contributed by atoms with Gasteiger partial charge in [0.1, 0.15) is 0 Å². The summed E-state index contributed by atoms with van der Waals surface area (Å²) in [4.78, 5) is 11.8. The van der Waals surface area contributed by atoms with E-state index in [4.69, 9.17) is 5.73 Å². The van der Waals surface area contributed by atoms with E-state index in [9.17, 15) is 4.79 Å². The first-order chi connectivity index (χ1) is 7.08. The molecular formula is C11H13BrN2O. The quantitative estimate of drug-likeness (QED) is 0.808. The zero-order valence-corrected chi connectivity index (χ0v) is 10.0. The van der Waals surface area contributed by atoms with Crippen LogP contribution in [0.4, 0.5) is 5.69 Å². The number of benzene rings is 1. The Morgan fingerprint density at radius 2 is 2.27 bits per heavy atom. The normalized spacial score (nSPS) is 23.6. The smallest absolute Gasteiger partial charge is 0.253 e. The second kappa shape index (κ2) is 3.85. The van der Waals surface area contributed by atoms with Crippen LogP contribution in [0.5, 0.6) is 0 Å². The number of hydrogen-bond donors (Lipinski definition) is 2. The maximum atomic E-state index is 11.8. The molecule has 1 saturated carbocycles. The van der Waals surface area contributed by atoms with Crippen molar-refractivity contribution in [3.8, 4) is 0 Å². The Labute approximate surface area is 97.2 Å². The van der Waals surface area contributed by atoms with E-state index < -0.39 is 0 Å². The number of hydrogen-bond acceptors (Lipinski definition) is 2. The van der Waals surface area contributed by atoms with Crippen molar-refractivity contribution in [2.45, 2.75) is 19.4 Å². The first-order valence-electron chi connectivity index (χ1n) is 4.94. The third kappa shape index (κ3) is 2.31. The van der Waals surface area contributed by atoms with Crippen LogP contribution in [-0.2, 0) is 0 Å². The average Bonchev–Trinajstić information content (AvgIpc) is 2.81. The predicted octanol–water partition coefficient (Wildman–Crippen LogP) is 2.17. The van der Waals surface area contributed by atoms with Gasteiger partial charge in [-0.05, 0) is 30.5 Å². The van der Waals surface area contributed by atoms with Gasteiger partial charge in [-0.25, -0.2) is 0 Å². The predicted molar refractivity (Wildman–Crippen MR) is 63.6 cm³/mol. The van der Waals surface area contributed by atoms with E-state index in [0.29, 0.717) is 23.2 Å². The summed E-state index contributed by atoms with van der Waals surface area (Å²) in [5.74, 6) is 0.528. The number of rotatable bonds is 2. The Balaban J connectivity index is 2.11. The molecule has 0 saturated heterocycles. The van der Waals surface area contributed by atoms with Crippen molar-refractivity contribution in [2.75, 3.05) is 5.73 Å².